The lowest BCUT2D eigenvalue weighted by molar-refractivity contribution is 0.102. The smallest absolute Gasteiger partial charge is 0.255 e. The van der Waals surface area contributed by atoms with Gasteiger partial charge < -0.3 is 15.1 Å². The number of carbonyl (C=O) groups is 1. The van der Waals surface area contributed by atoms with Crippen molar-refractivity contribution >= 4 is 35.0 Å². The summed E-state index contributed by atoms with van der Waals surface area (Å²) in [7, 11) is 7.45. The number of nitrogens with zero attached hydrogens (tertiary/aromatic N) is 4. The highest BCUT2D eigenvalue weighted by Gasteiger charge is 2.14. The molecule has 1 aromatic carbocycles. The van der Waals surface area contributed by atoms with Crippen LogP contribution < -0.4 is 15.1 Å². The first-order valence-corrected chi connectivity index (χ1v) is 7.05. The van der Waals surface area contributed by atoms with Crippen molar-refractivity contribution in [2.75, 3.05) is 43.3 Å². The molecule has 7 heteroatoms. The lowest BCUT2D eigenvalue weighted by Crippen LogP contribution is -2.21. The standard InChI is InChI=1S/C15H18ClN5O/c1-20(2)13-12(9-17-15(19-13)21(3)4)18-14(22)10-5-7-11(16)8-6-10/h5-9H,1-4H3,(H,18,22). The minimum Gasteiger partial charge on any atom is -0.361 e. The molecule has 1 heterocycles. The second-order valence-corrected chi connectivity index (χ2v) is 5.59. The van der Waals surface area contributed by atoms with Gasteiger partial charge in [0.1, 0.15) is 5.69 Å². The molecule has 2 rings (SSSR count). The first kappa shape index (κ1) is 16.0. The summed E-state index contributed by atoms with van der Waals surface area (Å²) in [6.45, 7) is 0. The molecule has 0 aliphatic carbocycles. The van der Waals surface area contributed by atoms with E-state index in [-0.39, 0.29) is 5.91 Å². The van der Waals surface area contributed by atoms with E-state index in [2.05, 4.69) is 15.3 Å². The number of rotatable bonds is 4. The van der Waals surface area contributed by atoms with Crippen LogP contribution in [0.3, 0.4) is 0 Å². The summed E-state index contributed by atoms with van der Waals surface area (Å²) >= 11 is 5.83. The van der Waals surface area contributed by atoms with Crippen molar-refractivity contribution in [3.8, 4) is 0 Å². The Bertz CT molecular complexity index is 670. The van der Waals surface area contributed by atoms with Gasteiger partial charge in [-0.05, 0) is 24.3 Å². The Morgan fingerprint density at radius 3 is 2.27 bits per heavy atom. The van der Waals surface area contributed by atoms with Gasteiger partial charge in [-0.15, -0.1) is 0 Å². The van der Waals surface area contributed by atoms with E-state index in [1.165, 1.54) is 0 Å². The zero-order chi connectivity index (χ0) is 16.3. The van der Waals surface area contributed by atoms with Crippen LogP contribution in [0.5, 0.6) is 0 Å². The zero-order valence-electron chi connectivity index (χ0n) is 13.0. The fourth-order valence-corrected chi connectivity index (χ4v) is 1.93. The van der Waals surface area contributed by atoms with E-state index in [9.17, 15) is 4.79 Å². The zero-order valence-corrected chi connectivity index (χ0v) is 13.7. The number of aromatic nitrogens is 2. The Morgan fingerprint density at radius 1 is 1.09 bits per heavy atom. The third kappa shape index (κ3) is 3.65. The molecular formula is C15H18ClN5O. The molecule has 0 aliphatic heterocycles. The Kier molecular flexibility index (Phi) is 4.82. The second kappa shape index (κ2) is 6.62. The van der Waals surface area contributed by atoms with Crippen molar-refractivity contribution in [2.45, 2.75) is 0 Å². The summed E-state index contributed by atoms with van der Waals surface area (Å²) in [5, 5.41) is 3.41. The molecule has 2 aromatic rings. The van der Waals surface area contributed by atoms with Crippen LogP contribution in [-0.4, -0.2) is 44.1 Å². The molecule has 0 aliphatic rings. The fourth-order valence-electron chi connectivity index (χ4n) is 1.80. The maximum absolute atomic E-state index is 12.3. The number of anilines is 3. The predicted octanol–water partition coefficient (Wildman–Crippen LogP) is 2.51. The SMILES string of the molecule is CN(C)c1ncc(NC(=O)c2ccc(Cl)cc2)c(N(C)C)n1. The average Bonchev–Trinajstić information content (AvgIpc) is 2.47. The maximum atomic E-state index is 12.3. The van der Waals surface area contributed by atoms with Crippen molar-refractivity contribution in [1.82, 2.24) is 9.97 Å². The molecular weight excluding hydrogens is 302 g/mol. The number of hydrogen-bond donors (Lipinski definition) is 1. The van der Waals surface area contributed by atoms with Gasteiger partial charge in [0.05, 0.1) is 6.20 Å². The molecule has 0 saturated heterocycles. The summed E-state index contributed by atoms with van der Waals surface area (Å²) in [5.74, 6) is 0.982. The van der Waals surface area contributed by atoms with Crippen LogP contribution in [0.25, 0.3) is 0 Å². The summed E-state index contributed by atoms with van der Waals surface area (Å²) in [5.41, 5.74) is 1.07. The van der Waals surface area contributed by atoms with E-state index in [4.69, 9.17) is 11.6 Å². The van der Waals surface area contributed by atoms with Crippen LogP contribution >= 0.6 is 11.6 Å². The van der Waals surface area contributed by atoms with E-state index in [0.29, 0.717) is 28.0 Å². The largest absolute Gasteiger partial charge is 0.361 e. The van der Waals surface area contributed by atoms with Gasteiger partial charge in [0.25, 0.3) is 5.91 Å². The van der Waals surface area contributed by atoms with Crippen LogP contribution in [0.15, 0.2) is 30.5 Å². The van der Waals surface area contributed by atoms with Gasteiger partial charge in [0, 0.05) is 38.8 Å². The Balaban J connectivity index is 2.28. The highest BCUT2D eigenvalue weighted by Crippen LogP contribution is 2.23. The normalized spacial score (nSPS) is 10.2. The van der Waals surface area contributed by atoms with Gasteiger partial charge in [0.15, 0.2) is 5.82 Å². The molecule has 1 amide bonds. The summed E-state index contributed by atoms with van der Waals surface area (Å²) in [4.78, 5) is 24.6. The molecule has 0 atom stereocenters. The van der Waals surface area contributed by atoms with E-state index >= 15 is 0 Å². The third-order valence-corrected chi connectivity index (χ3v) is 3.19. The molecule has 1 aromatic heterocycles. The molecule has 0 bridgehead atoms. The van der Waals surface area contributed by atoms with E-state index < -0.39 is 0 Å². The molecule has 0 spiro atoms. The number of carbonyl (C=O) groups excluding carboxylic acids is 1. The van der Waals surface area contributed by atoms with Crippen molar-refractivity contribution in [3.63, 3.8) is 0 Å². The van der Waals surface area contributed by atoms with Crippen molar-refractivity contribution in [2.24, 2.45) is 0 Å². The number of halogens is 1. The summed E-state index contributed by atoms with van der Waals surface area (Å²) in [6, 6.07) is 6.69. The van der Waals surface area contributed by atoms with Crippen molar-refractivity contribution in [3.05, 3.63) is 41.0 Å². The lowest BCUT2D eigenvalue weighted by Gasteiger charge is -2.19. The van der Waals surface area contributed by atoms with Crippen LogP contribution in [0.1, 0.15) is 10.4 Å². The highest BCUT2D eigenvalue weighted by molar-refractivity contribution is 6.30. The number of nitrogens with one attached hydrogen (secondary N) is 1. The van der Waals surface area contributed by atoms with E-state index in [1.807, 2.05) is 33.1 Å². The number of amides is 1. The van der Waals surface area contributed by atoms with Gasteiger partial charge >= 0.3 is 0 Å². The van der Waals surface area contributed by atoms with Crippen LogP contribution in [0.4, 0.5) is 17.5 Å². The monoisotopic (exact) mass is 319 g/mol. The molecule has 0 saturated carbocycles. The second-order valence-electron chi connectivity index (χ2n) is 5.16. The summed E-state index contributed by atoms with van der Waals surface area (Å²) in [6.07, 6.45) is 1.60. The first-order valence-electron chi connectivity index (χ1n) is 6.67. The quantitative estimate of drug-likeness (QED) is 0.938. The minimum absolute atomic E-state index is 0.235. The van der Waals surface area contributed by atoms with E-state index in [1.54, 1.807) is 35.4 Å². The molecule has 1 N–H and O–H groups in total. The average molecular weight is 320 g/mol. The maximum Gasteiger partial charge on any atom is 0.255 e. The molecule has 0 unspecified atom stereocenters. The lowest BCUT2D eigenvalue weighted by atomic mass is 10.2. The van der Waals surface area contributed by atoms with Gasteiger partial charge in [-0.2, -0.15) is 4.98 Å². The van der Waals surface area contributed by atoms with Gasteiger partial charge in [0.2, 0.25) is 5.95 Å². The first-order chi connectivity index (χ1) is 10.4. The fraction of sp³-hybridized carbons (Fsp3) is 0.267. The summed E-state index contributed by atoms with van der Waals surface area (Å²) < 4.78 is 0. The van der Waals surface area contributed by atoms with Crippen LogP contribution in [0.2, 0.25) is 5.02 Å². The predicted molar refractivity (Wildman–Crippen MR) is 90.1 cm³/mol. The third-order valence-electron chi connectivity index (χ3n) is 2.93. The molecule has 6 nitrogen and oxygen atoms in total. The molecule has 0 radical (unpaired) electrons. The van der Waals surface area contributed by atoms with Gasteiger partial charge in [-0.3, -0.25) is 4.79 Å². The Morgan fingerprint density at radius 2 is 1.73 bits per heavy atom. The molecule has 116 valence electrons. The molecule has 22 heavy (non-hydrogen) atoms. The number of hydrogen-bond acceptors (Lipinski definition) is 5. The number of benzene rings is 1. The Hall–Kier alpha value is -2.34. The van der Waals surface area contributed by atoms with Crippen molar-refractivity contribution in [1.29, 1.82) is 0 Å². The van der Waals surface area contributed by atoms with Crippen LogP contribution in [-0.2, 0) is 0 Å². The Labute approximate surface area is 134 Å². The van der Waals surface area contributed by atoms with Crippen LogP contribution in [0, 0.1) is 0 Å². The van der Waals surface area contributed by atoms with Gasteiger partial charge in [-0.25, -0.2) is 4.98 Å². The minimum atomic E-state index is -0.235. The van der Waals surface area contributed by atoms with Gasteiger partial charge in [-0.1, -0.05) is 11.6 Å². The topological polar surface area (TPSA) is 61.4 Å². The highest BCUT2D eigenvalue weighted by atomic mass is 35.5. The van der Waals surface area contributed by atoms with E-state index in [0.717, 1.165) is 0 Å². The van der Waals surface area contributed by atoms with Crippen molar-refractivity contribution < 1.29 is 4.79 Å². The molecule has 0 fully saturated rings.